The number of H-pyrrole nitrogens is 1. The molecule has 3 N–H and O–H groups in total. The van der Waals surface area contributed by atoms with Crippen LogP contribution in [0.5, 0.6) is 0 Å². The Morgan fingerprint density at radius 3 is 2.80 bits per heavy atom. The molecule has 1 aromatic heterocycles. The van der Waals surface area contributed by atoms with E-state index >= 15 is 0 Å². The molecule has 5 nitrogen and oxygen atoms in total. The summed E-state index contributed by atoms with van der Waals surface area (Å²) in [7, 11) is 1.57. The fourth-order valence-electron chi connectivity index (χ4n) is 1.54. The number of fused-ring (bicyclic) bond motifs is 1. The highest BCUT2D eigenvalue weighted by atomic mass is 16.2. The van der Waals surface area contributed by atoms with Gasteiger partial charge in [0, 0.05) is 13.6 Å². The first kappa shape index (κ1) is 9.67. The van der Waals surface area contributed by atoms with Crippen LogP contribution < -0.4 is 16.9 Å². The molecule has 5 heteroatoms. The van der Waals surface area contributed by atoms with Gasteiger partial charge in [-0.05, 0) is 17.7 Å². The fraction of sp³-hybridized carbons (Fsp3) is 0.200. The number of nitrogens with two attached hydrogens (primary N) is 1. The zero-order chi connectivity index (χ0) is 11.0. The van der Waals surface area contributed by atoms with Crippen molar-refractivity contribution in [2.24, 2.45) is 12.8 Å². The first-order valence-electron chi connectivity index (χ1n) is 4.55. The minimum atomic E-state index is -0.612. The quantitative estimate of drug-likeness (QED) is 0.626. The Balaban J connectivity index is 2.92. The van der Waals surface area contributed by atoms with Crippen molar-refractivity contribution in [3.05, 3.63) is 44.5 Å². The first-order chi connectivity index (χ1) is 7.13. The van der Waals surface area contributed by atoms with Crippen LogP contribution in [0.3, 0.4) is 0 Å². The van der Waals surface area contributed by atoms with Crippen LogP contribution in [0, 0.1) is 0 Å². The topological polar surface area (TPSA) is 80.9 Å². The number of rotatable bonds is 1. The number of aromatic nitrogens is 2. The first-order valence-corrected chi connectivity index (χ1v) is 4.55. The lowest BCUT2D eigenvalue weighted by atomic mass is 10.2. The lowest BCUT2D eigenvalue weighted by Crippen LogP contribution is -2.34. The molecule has 0 saturated carbocycles. The minimum absolute atomic E-state index is 0.404. The second kappa shape index (κ2) is 3.36. The molecule has 15 heavy (non-hydrogen) atoms. The van der Waals surface area contributed by atoms with Gasteiger partial charge in [0.1, 0.15) is 0 Å². The normalized spacial score (nSPS) is 10.8. The molecule has 0 atom stereocenters. The molecule has 0 bridgehead atoms. The van der Waals surface area contributed by atoms with E-state index in [9.17, 15) is 9.59 Å². The molecule has 2 rings (SSSR count). The highest BCUT2D eigenvalue weighted by molar-refractivity contribution is 5.75. The second-order valence-electron chi connectivity index (χ2n) is 3.37. The van der Waals surface area contributed by atoms with Gasteiger partial charge in [-0.2, -0.15) is 0 Å². The molecule has 1 heterocycles. The highest BCUT2D eigenvalue weighted by Crippen LogP contribution is 2.09. The predicted molar refractivity (Wildman–Crippen MR) is 57.7 cm³/mol. The Bertz CT molecular complexity index is 625. The molecule has 0 amide bonds. The average Bonchev–Trinajstić information content (AvgIpc) is 2.25. The average molecular weight is 205 g/mol. The van der Waals surface area contributed by atoms with E-state index < -0.39 is 11.1 Å². The molecule has 0 radical (unpaired) electrons. The smallest absolute Gasteiger partial charge is 0.316 e. The van der Waals surface area contributed by atoms with Crippen LogP contribution in [0.25, 0.3) is 11.0 Å². The molecular formula is C10H11N3O2. The monoisotopic (exact) mass is 205 g/mol. The largest absolute Gasteiger partial charge is 0.326 e. The molecule has 0 saturated heterocycles. The Hall–Kier alpha value is -1.88. The summed E-state index contributed by atoms with van der Waals surface area (Å²) in [4.78, 5) is 25.1. The summed E-state index contributed by atoms with van der Waals surface area (Å²) in [5, 5.41) is 0. The Morgan fingerprint density at radius 2 is 2.13 bits per heavy atom. The number of nitrogens with zero attached hydrogens (tertiary/aromatic N) is 1. The van der Waals surface area contributed by atoms with Crippen molar-refractivity contribution in [3.63, 3.8) is 0 Å². The summed E-state index contributed by atoms with van der Waals surface area (Å²) in [5.41, 5.74) is 6.56. The Kier molecular flexibility index (Phi) is 2.17. The van der Waals surface area contributed by atoms with E-state index in [2.05, 4.69) is 4.98 Å². The third kappa shape index (κ3) is 1.46. The second-order valence-corrected chi connectivity index (χ2v) is 3.37. The molecule has 0 unspecified atom stereocenters. The Morgan fingerprint density at radius 1 is 1.40 bits per heavy atom. The number of benzene rings is 1. The number of hydrogen-bond acceptors (Lipinski definition) is 3. The third-order valence-corrected chi connectivity index (χ3v) is 2.41. The summed E-state index contributed by atoms with van der Waals surface area (Å²) in [6, 6.07) is 5.38. The lowest BCUT2D eigenvalue weighted by molar-refractivity contribution is 0.872. The minimum Gasteiger partial charge on any atom is -0.326 e. The van der Waals surface area contributed by atoms with Crippen molar-refractivity contribution in [3.8, 4) is 0 Å². The maximum absolute atomic E-state index is 11.3. The van der Waals surface area contributed by atoms with E-state index in [1.807, 2.05) is 6.07 Å². The summed E-state index contributed by atoms with van der Waals surface area (Å²) in [6.07, 6.45) is 0. The van der Waals surface area contributed by atoms with Crippen molar-refractivity contribution in [2.45, 2.75) is 6.54 Å². The van der Waals surface area contributed by atoms with Crippen LogP contribution in [0.15, 0.2) is 27.8 Å². The maximum atomic E-state index is 11.3. The van der Waals surface area contributed by atoms with Crippen LogP contribution in [-0.4, -0.2) is 9.55 Å². The molecule has 0 aliphatic carbocycles. The van der Waals surface area contributed by atoms with Crippen molar-refractivity contribution >= 4 is 11.0 Å². The molecule has 0 aliphatic heterocycles. The number of nitrogens with one attached hydrogen (secondary N) is 1. The van der Waals surface area contributed by atoms with Crippen LogP contribution in [0.2, 0.25) is 0 Å². The van der Waals surface area contributed by atoms with Gasteiger partial charge < -0.3 is 15.3 Å². The van der Waals surface area contributed by atoms with E-state index in [1.165, 1.54) is 4.57 Å². The number of aryl methyl sites for hydroxylation is 1. The number of aromatic amines is 1. The number of hydrogen-bond donors (Lipinski definition) is 2. The van der Waals surface area contributed by atoms with Gasteiger partial charge in [0.15, 0.2) is 0 Å². The standard InChI is InChI=1S/C10H11N3O2/c1-13-8-3-2-6(5-11)4-7(8)12-9(14)10(13)15/h2-4H,5,11H2,1H3,(H,12,14). The van der Waals surface area contributed by atoms with E-state index in [0.717, 1.165) is 5.56 Å². The third-order valence-electron chi connectivity index (χ3n) is 2.41. The zero-order valence-corrected chi connectivity index (χ0v) is 8.28. The van der Waals surface area contributed by atoms with Gasteiger partial charge in [0.2, 0.25) is 0 Å². The SMILES string of the molecule is Cn1c(=O)c(=O)[nH]c2cc(CN)ccc21. The Labute approximate surface area is 85.2 Å². The van der Waals surface area contributed by atoms with Gasteiger partial charge in [-0.3, -0.25) is 9.59 Å². The fourth-order valence-corrected chi connectivity index (χ4v) is 1.54. The van der Waals surface area contributed by atoms with Crippen LogP contribution in [0.4, 0.5) is 0 Å². The van der Waals surface area contributed by atoms with E-state index in [0.29, 0.717) is 17.6 Å². The van der Waals surface area contributed by atoms with Crippen molar-refractivity contribution in [1.29, 1.82) is 0 Å². The lowest BCUT2D eigenvalue weighted by Gasteiger charge is -2.04. The van der Waals surface area contributed by atoms with Gasteiger partial charge in [-0.15, -0.1) is 0 Å². The van der Waals surface area contributed by atoms with E-state index in [1.54, 1.807) is 19.2 Å². The van der Waals surface area contributed by atoms with Crippen molar-refractivity contribution < 1.29 is 0 Å². The van der Waals surface area contributed by atoms with Crippen LogP contribution in [0.1, 0.15) is 5.56 Å². The van der Waals surface area contributed by atoms with Gasteiger partial charge in [0.05, 0.1) is 11.0 Å². The van der Waals surface area contributed by atoms with Gasteiger partial charge in [-0.1, -0.05) is 6.07 Å². The van der Waals surface area contributed by atoms with Gasteiger partial charge in [-0.25, -0.2) is 0 Å². The summed E-state index contributed by atoms with van der Waals surface area (Å²) in [6.45, 7) is 0.404. The van der Waals surface area contributed by atoms with Crippen molar-refractivity contribution in [1.82, 2.24) is 9.55 Å². The highest BCUT2D eigenvalue weighted by Gasteiger charge is 2.03. The summed E-state index contributed by atoms with van der Waals surface area (Å²) < 4.78 is 1.33. The summed E-state index contributed by atoms with van der Waals surface area (Å²) in [5.74, 6) is 0. The predicted octanol–water partition coefficient (Wildman–Crippen LogP) is -0.315. The summed E-state index contributed by atoms with van der Waals surface area (Å²) >= 11 is 0. The molecular weight excluding hydrogens is 194 g/mol. The zero-order valence-electron chi connectivity index (χ0n) is 8.28. The van der Waals surface area contributed by atoms with Crippen molar-refractivity contribution in [2.75, 3.05) is 0 Å². The molecule has 1 aromatic carbocycles. The van der Waals surface area contributed by atoms with Gasteiger partial charge >= 0.3 is 11.1 Å². The van der Waals surface area contributed by atoms with Crippen LogP contribution >= 0.6 is 0 Å². The molecule has 2 aromatic rings. The molecule has 0 fully saturated rings. The van der Waals surface area contributed by atoms with E-state index in [4.69, 9.17) is 5.73 Å². The molecule has 0 aliphatic rings. The molecule has 0 spiro atoms. The van der Waals surface area contributed by atoms with E-state index in [-0.39, 0.29) is 0 Å². The van der Waals surface area contributed by atoms with Gasteiger partial charge in [0.25, 0.3) is 0 Å². The maximum Gasteiger partial charge on any atom is 0.316 e. The molecule has 78 valence electrons. The van der Waals surface area contributed by atoms with Crippen LogP contribution in [-0.2, 0) is 13.6 Å².